The van der Waals surface area contributed by atoms with E-state index in [-0.39, 0.29) is 0 Å². The molecule has 0 spiro atoms. The van der Waals surface area contributed by atoms with Crippen molar-refractivity contribution in [2.75, 3.05) is 0 Å². The second-order valence-electron chi connectivity index (χ2n) is 6.75. The molecule has 2 aromatic heterocycles. The molecule has 0 fully saturated rings. The van der Waals surface area contributed by atoms with Crippen molar-refractivity contribution in [3.05, 3.63) is 70.9 Å². The Morgan fingerprint density at radius 3 is 1.96 bits per heavy atom. The minimum Gasteiger partial charge on any atom is -0.144 e. The molecule has 6 rings (SSSR count). The van der Waals surface area contributed by atoms with Crippen LogP contribution in [0, 0.1) is 6.92 Å². The molecule has 0 N–H and O–H groups in total. The normalized spacial score (nSPS) is 11.5. The Morgan fingerprint density at radius 1 is 0.556 bits per heavy atom. The number of benzene rings is 4. The van der Waals surface area contributed by atoms with Crippen molar-refractivity contribution in [3.63, 3.8) is 0 Å². The summed E-state index contributed by atoms with van der Waals surface area (Å²) < 4.78 is 2.75. The van der Waals surface area contributed by atoms with Gasteiger partial charge in [0.2, 0.25) is 0 Å². The van der Waals surface area contributed by atoms with E-state index in [0.29, 0.717) is 0 Å². The monoisotopic (exact) mass is 384 g/mol. The van der Waals surface area contributed by atoms with Gasteiger partial charge in [0.25, 0.3) is 0 Å². The summed E-state index contributed by atoms with van der Waals surface area (Å²) in [6, 6.07) is 20.8. The third kappa shape index (κ3) is 2.48. The lowest BCUT2D eigenvalue weighted by atomic mass is 9.96. The molecule has 0 radical (unpaired) electrons. The van der Waals surface area contributed by atoms with Gasteiger partial charge in [0.1, 0.15) is 0 Å². The van der Waals surface area contributed by atoms with E-state index in [0.717, 1.165) is 0 Å². The summed E-state index contributed by atoms with van der Waals surface area (Å²) in [5.41, 5.74) is 1.38. The Kier molecular flexibility index (Phi) is 3.92. The zero-order valence-corrected chi connectivity index (χ0v) is 17.3. The molecule has 0 saturated heterocycles. The number of rotatable bonds is 0. The minimum absolute atomic E-state index is 1.32. The van der Waals surface area contributed by atoms with Gasteiger partial charge in [-0.25, -0.2) is 0 Å². The van der Waals surface area contributed by atoms with Crippen LogP contribution < -0.4 is 0 Å². The summed E-state index contributed by atoms with van der Waals surface area (Å²) in [4.78, 5) is 0. The molecule has 0 bridgehead atoms. The molecular weight excluding hydrogens is 364 g/mol. The number of thiophene rings is 2. The van der Waals surface area contributed by atoms with Crippen molar-refractivity contribution in [1.29, 1.82) is 0 Å². The molecule has 0 aliphatic carbocycles. The van der Waals surface area contributed by atoms with E-state index in [4.69, 9.17) is 0 Å². The van der Waals surface area contributed by atoms with E-state index in [2.05, 4.69) is 72.3 Å². The average Bonchev–Trinajstić information content (AvgIpc) is 3.32. The molecule has 0 nitrogen and oxygen atoms in total. The summed E-state index contributed by atoms with van der Waals surface area (Å²) in [6.07, 6.45) is 0. The standard InChI is InChI=1S/C23H14S2.C2H6/c1-13-12-25-23-11-21-15(9-19(13)23)3-5-17-18(21)4-2-14-8-16-6-7-24-22(16)10-20(14)17;1-2/h2-12H,1H3;1-2H3. The average molecular weight is 385 g/mol. The molecule has 0 unspecified atom stereocenters. The Bertz CT molecular complexity index is 1450. The van der Waals surface area contributed by atoms with Crippen LogP contribution >= 0.6 is 22.7 Å². The first kappa shape index (κ1) is 16.7. The smallest absolute Gasteiger partial charge is 0.0352 e. The van der Waals surface area contributed by atoms with E-state index < -0.39 is 0 Å². The van der Waals surface area contributed by atoms with Gasteiger partial charge in [-0.2, -0.15) is 0 Å². The Balaban J connectivity index is 0.000000777. The summed E-state index contributed by atoms with van der Waals surface area (Å²) in [6.45, 7) is 6.20. The first-order valence-electron chi connectivity index (χ1n) is 9.42. The van der Waals surface area contributed by atoms with Crippen LogP contribution in [0.25, 0.3) is 52.5 Å². The maximum Gasteiger partial charge on any atom is 0.0352 e. The summed E-state index contributed by atoms with van der Waals surface area (Å²) in [5, 5.41) is 15.2. The van der Waals surface area contributed by atoms with Gasteiger partial charge in [-0.15, -0.1) is 22.7 Å². The van der Waals surface area contributed by atoms with Crippen molar-refractivity contribution in [1.82, 2.24) is 0 Å². The van der Waals surface area contributed by atoms with E-state index in [1.165, 1.54) is 58.1 Å². The van der Waals surface area contributed by atoms with Gasteiger partial charge in [0.15, 0.2) is 0 Å². The van der Waals surface area contributed by atoms with Crippen LogP contribution in [0.1, 0.15) is 19.4 Å². The number of hydrogen-bond acceptors (Lipinski definition) is 2. The lowest BCUT2D eigenvalue weighted by Gasteiger charge is -2.09. The first-order valence-corrected chi connectivity index (χ1v) is 11.2. The van der Waals surface area contributed by atoms with Crippen LogP contribution in [0.3, 0.4) is 0 Å². The van der Waals surface area contributed by atoms with Gasteiger partial charge in [0, 0.05) is 9.40 Å². The van der Waals surface area contributed by atoms with Gasteiger partial charge in [-0.05, 0) is 96.7 Å². The fourth-order valence-corrected chi connectivity index (χ4v) is 5.76. The molecule has 0 saturated carbocycles. The second kappa shape index (κ2) is 6.33. The summed E-state index contributed by atoms with van der Waals surface area (Å²) in [5.74, 6) is 0. The highest BCUT2D eigenvalue weighted by Gasteiger charge is 2.09. The number of fused-ring (bicyclic) bond motifs is 7. The quantitative estimate of drug-likeness (QED) is 0.229. The van der Waals surface area contributed by atoms with Crippen molar-refractivity contribution in [2.45, 2.75) is 20.8 Å². The maximum atomic E-state index is 2.38. The molecule has 2 heterocycles. The number of aryl methyl sites for hydroxylation is 1. The molecule has 0 atom stereocenters. The van der Waals surface area contributed by atoms with Gasteiger partial charge in [0.05, 0.1) is 0 Å². The molecule has 0 amide bonds. The van der Waals surface area contributed by atoms with Gasteiger partial charge >= 0.3 is 0 Å². The highest BCUT2D eigenvalue weighted by molar-refractivity contribution is 7.17. The molecule has 132 valence electrons. The van der Waals surface area contributed by atoms with Crippen LogP contribution in [0.15, 0.2) is 65.4 Å². The predicted octanol–water partition coefficient (Wildman–Crippen LogP) is 8.91. The van der Waals surface area contributed by atoms with E-state index >= 15 is 0 Å². The van der Waals surface area contributed by atoms with Crippen molar-refractivity contribution >= 4 is 75.2 Å². The first-order chi connectivity index (χ1) is 13.3. The minimum atomic E-state index is 1.32. The topological polar surface area (TPSA) is 0 Å². The largest absolute Gasteiger partial charge is 0.144 e. The highest BCUT2D eigenvalue weighted by atomic mass is 32.1. The van der Waals surface area contributed by atoms with Crippen LogP contribution in [0.4, 0.5) is 0 Å². The number of hydrogen-bond donors (Lipinski definition) is 0. The third-order valence-corrected chi connectivity index (χ3v) is 7.24. The fourth-order valence-electron chi connectivity index (χ4n) is 3.98. The molecular formula is C25H20S2. The lowest BCUT2D eigenvalue weighted by molar-refractivity contribution is 1.50. The van der Waals surface area contributed by atoms with E-state index in [1.807, 2.05) is 36.5 Å². The van der Waals surface area contributed by atoms with Gasteiger partial charge in [-0.1, -0.05) is 38.1 Å². The van der Waals surface area contributed by atoms with Gasteiger partial charge in [-0.3, -0.25) is 0 Å². The Morgan fingerprint density at radius 2 is 1.22 bits per heavy atom. The van der Waals surface area contributed by atoms with Crippen LogP contribution in [-0.2, 0) is 0 Å². The van der Waals surface area contributed by atoms with Crippen LogP contribution in [0.5, 0.6) is 0 Å². The zero-order valence-electron chi connectivity index (χ0n) is 15.7. The Labute approximate surface area is 166 Å². The van der Waals surface area contributed by atoms with E-state index in [9.17, 15) is 0 Å². The van der Waals surface area contributed by atoms with Gasteiger partial charge < -0.3 is 0 Å². The SMILES string of the molecule is CC.Cc1csc2cc3c(ccc4c5cc6sccc6cc5ccc34)cc12. The second-order valence-corrected chi connectivity index (χ2v) is 8.61. The maximum absolute atomic E-state index is 2.38. The van der Waals surface area contributed by atoms with Crippen LogP contribution in [0.2, 0.25) is 0 Å². The van der Waals surface area contributed by atoms with Crippen molar-refractivity contribution in [2.24, 2.45) is 0 Å². The van der Waals surface area contributed by atoms with Crippen molar-refractivity contribution < 1.29 is 0 Å². The molecule has 4 aromatic carbocycles. The molecule has 2 heteroatoms. The third-order valence-electron chi connectivity index (χ3n) is 5.29. The Hall–Kier alpha value is -2.42. The van der Waals surface area contributed by atoms with Crippen LogP contribution in [-0.4, -0.2) is 0 Å². The van der Waals surface area contributed by atoms with Crippen molar-refractivity contribution in [3.8, 4) is 0 Å². The highest BCUT2D eigenvalue weighted by Crippen LogP contribution is 2.37. The summed E-state index contributed by atoms with van der Waals surface area (Å²) >= 11 is 3.67. The molecule has 0 aliphatic heterocycles. The summed E-state index contributed by atoms with van der Waals surface area (Å²) in [7, 11) is 0. The molecule has 0 aliphatic rings. The zero-order chi connectivity index (χ0) is 18.5. The molecule has 27 heavy (non-hydrogen) atoms. The van der Waals surface area contributed by atoms with E-state index in [1.54, 1.807) is 0 Å². The predicted molar refractivity (Wildman–Crippen MR) is 126 cm³/mol. The fraction of sp³-hybridized carbons (Fsp3) is 0.120. The lowest BCUT2D eigenvalue weighted by Crippen LogP contribution is -1.81. The molecule has 6 aromatic rings.